The molecule has 0 bridgehead atoms. The van der Waals surface area contributed by atoms with E-state index in [0.717, 1.165) is 0 Å². The average Bonchev–Trinajstić information content (AvgIpc) is 2.03. The van der Waals surface area contributed by atoms with Crippen molar-refractivity contribution in [2.24, 2.45) is 5.73 Å². The molecule has 0 atom stereocenters. The molecule has 1 aromatic carbocycles. The first-order chi connectivity index (χ1) is 5.26. The zero-order valence-electron chi connectivity index (χ0n) is 6.25. The Morgan fingerprint density at radius 3 is 2.58 bits per heavy atom. The van der Waals surface area contributed by atoms with E-state index in [9.17, 15) is 4.39 Å². The Morgan fingerprint density at radius 2 is 2.08 bits per heavy atom. The lowest BCUT2D eigenvalue weighted by atomic mass is 10.1. The Bertz CT molecular complexity index is 306. The third-order valence-electron chi connectivity index (χ3n) is 1.32. The van der Waals surface area contributed by atoms with Gasteiger partial charge in [-0.2, -0.15) is 5.26 Å². The van der Waals surface area contributed by atoms with Crippen molar-refractivity contribution >= 4 is 12.4 Å². The van der Waals surface area contributed by atoms with Gasteiger partial charge in [0.2, 0.25) is 0 Å². The van der Waals surface area contributed by atoms with Gasteiger partial charge in [0, 0.05) is 6.54 Å². The van der Waals surface area contributed by atoms with Gasteiger partial charge < -0.3 is 5.73 Å². The maximum Gasteiger partial charge on any atom is 0.124 e. The van der Waals surface area contributed by atoms with Gasteiger partial charge >= 0.3 is 0 Å². The molecule has 2 nitrogen and oxygen atoms in total. The highest BCUT2D eigenvalue weighted by Crippen LogP contribution is 2.07. The smallest absolute Gasteiger partial charge is 0.124 e. The highest BCUT2D eigenvalue weighted by molar-refractivity contribution is 5.85. The van der Waals surface area contributed by atoms with Crippen LogP contribution in [0.3, 0.4) is 0 Å². The van der Waals surface area contributed by atoms with Crippen molar-refractivity contribution < 1.29 is 4.39 Å². The van der Waals surface area contributed by atoms with Crippen molar-refractivity contribution in [2.75, 3.05) is 0 Å². The van der Waals surface area contributed by atoms with E-state index in [1.54, 1.807) is 6.07 Å². The third kappa shape index (κ3) is 2.50. The van der Waals surface area contributed by atoms with Crippen LogP contribution in [0.15, 0.2) is 18.2 Å². The first-order valence-electron chi connectivity index (χ1n) is 3.16. The van der Waals surface area contributed by atoms with E-state index in [1.807, 2.05) is 6.07 Å². The largest absolute Gasteiger partial charge is 0.326 e. The summed E-state index contributed by atoms with van der Waals surface area (Å²) in [5.74, 6) is -0.412. The molecule has 4 heteroatoms. The molecule has 12 heavy (non-hydrogen) atoms. The van der Waals surface area contributed by atoms with Gasteiger partial charge in [0.05, 0.1) is 11.6 Å². The van der Waals surface area contributed by atoms with Crippen LogP contribution in [0.25, 0.3) is 0 Å². The van der Waals surface area contributed by atoms with Gasteiger partial charge in [-0.1, -0.05) is 0 Å². The molecule has 64 valence electrons. The Morgan fingerprint density at radius 1 is 1.42 bits per heavy atom. The minimum atomic E-state index is -0.412. The highest BCUT2D eigenvalue weighted by atomic mass is 35.5. The molecule has 0 spiro atoms. The van der Waals surface area contributed by atoms with E-state index in [1.165, 1.54) is 12.1 Å². The fraction of sp³-hybridized carbons (Fsp3) is 0.125. The average molecular weight is 187 g/mol. The molecule has 2 N–H and O–H groups in total. The molecule has 0 heterocycles. The quantitative estimate of drug-likeness (QED) is 0.724. The molecule has 0 radical (unpaired) electrons. The van der Waals surface area contributed by atoms with E-state index >= 15 is 0 Å². The van der Waals surface area contributed by atoms with Crippen LogP contribution in [-0.4, -0.2) is 0 Å². The molecule has 0 saturated carbocycles. The Kier molecular flexibility index (Phi) is 4.27. The summed E-state index contributed by atoms with van der Waals surface area (Å²) >= 11 is 0. The maximum absolute atomic E-state index is 12.6. The number of nitriles is 1. The van der Waals surface area contributed by atoms with Crippen LogP contribution in [-0.2, 0) is 6.54 Å². The lowest BCUT2D eigenvalue weighted by molar-refractivity contribution is 0.625. The first-order valence-corrected chi connectivity index (χ1v) is 3.16. The Labute approximate surface area is 76.2 Å². The molecule has 0 aliphatic rings. The SMILES string of the molecule is Cl.N#Cc1cc(F)cc(CN)c1. The van der Waals surface area contributed by atoms with Gasteiger partial charge in [0.15, 0.2) is 0 Å². The van der Waals surface area contributed by atoms with Crippen molar-refractivity contribution in [1.29, 1.82) is 5.26 Å². The fourth-order valence-corrected chi connectivity index (χ4v) is 0.833. The fourth-order valence-electron chi connectivity index (χ4n) is 0.833. The summed E-state index contributed by atoms with van der Waals surface area (Å²) < 4.78 is 12.6. The number of halogens is 2. The molecule has 0 aliphatic carbocycles. The molecule has 0 aromatic heterocycles. The number of hydrogen-bond donors (Lipinski definition) is 1. The van der Waals surface area contributed by atoms with Crippen LogP contribution in [0.4, 0.5) is 4.39 Å². The summed E-state index contributed by atoms with van der Waals surface area (Å²) in [7, 11) is 0. The van der Waals surface area contributed by atoms with Gasteiger partial charge in [-0.25, -0.2) is 4.39 Å². The molecular formula is C8H8ClFN2. The summed E-state index contributed by atoms with van der Waals surface area (Å²) in [6.07, 6.45) is 0. The lowest BCUT2D eigenvalue weighted by Crippen LogP contribution is -1.97. The minimum Gasteiger partial charge on any atom is -0.326 e. The lowest BCUT2D eigenvalue weighted by Gasteiger charge is -1.96. The number of rotatable bonds is 1. The predicted octanol–water partition coefficient (Wildman–Crippen LogP) is 1.58. The molecule has 1 rings (SSSR count). The molecular weight excluding hydrogens is 179 g/mol. The van der Waals surface area contributed by atoms with Crippen LogP contribution in [0.1, 0.15) is 11.1 Å². The normalized spacial score (nSPS) is 8.42. The highest BCUT2D eigenvalue weighted by Gasteiger charge is 1.97. The summed E-state index contributed by atoms with van der Waals surface area (Å²) in [6.45, 7) is 0.256. The number of hydrogen-bond acceptors (Lipinski definition) is 2. The van der Waals surface area contributed by atoms with E-state index in [2.05, 4.69) is 0 Å². The van der Waals surface area contributed by atoms with Crippen molar-refractivity contribution in [3.05, 3.63) is 35.1 Å². The summed E-state index contributed by atoms with van der Waals surface area (Å²) in [4.78, 5) is 0. The zero-order valence-corrected chi connectivity index (χ0v) is 7.07. The van der Waals surface area contributed by atoms with Gasteiger partial charge in [-0.05, 0) is 23.8 Å². The van der Waals surface area contributed by atoms with Crippen LogP contribution >= 0.6 is 12.4 Å². The summed E-state index contributed by atoms with van der Waals surface area (Å²) in [6, 6.07) is 5.92. The molecule has 1 aromatic rings. The minimum absolute atomic E-state index is 0. The van der Waals surface area contributed by atoms with Gasteiger partial charge in [0.1, 0.15) is 5.82 Å². The second-order valence-corrected chi connectivity index (χ2v) is 2.16. The molecule has 0 amide bonds. The second kappa shape index (κ2) is 4.70. The third-order valence-corrected chi connectivity index (χ3v) is 1.32. The second-order valence-electron chi connectivity index (χ2n) is 2.16. The molecule has 0 unspecified atom stereocenters. The molecule has 0 aliphatic heterocycles. The monoisotopic (exact) mass is 186 g/mol. The zero-order chi connectivity index (χ0) is 8.27. The van der Waals surface area contributed by atoms with E-state index in [4.69, 9.17) is 11.0 Å². The van der Waals surface area contributed by atoms with E-state index in [0.29, 0.717) is 11.1 Å². The molecule has 0 fully saturated rings. The van der Waals surface area contributed by atoms with Gasteiger partial charge in [-0.15, -0.1) is 12.4 Å². The van der Waals surface area contributed by atoms with Gasteiger partial charge in [-0.3, -0.25) is 0 Å². The van der Waals surface area contributed by atoms with Crippen molar-refractivity contribution in [1.82, 2.24) is 0 Å². The Balaban J connectivity index is 0.00000121. The standard InChI is InChI=1S/C8H7FN2.ClH/c9-8-2-6(4-10)1-7(3-8)5-11;/h1-3H,4,10H2;1H. The topological polar surface area (TPSA) is 49.8 Å². The van der Waals surface area contributed by atoms with Crippen molar-refractivity contribution in [2.45, 2.75) is 6.54 Å². The van der Waals surface area contributed by atoms with Gasteiger partial charge in [0.25, 0.3) is 0 Å². The van der Waals surface area contributed by atoms with Crippen molar-refractivity contribution in [3.8, 4) is 6.07 Å². The maximum atomic E-state index is 12.6. The molecule has 0 saturated heterocycles. The number of nitrogens with zero attached hydrogens (tertiary/aromatic N) is 1. The van der Waals surface area contributed by atoms with Crippen LogP contribution in [0.2, 0.25) is 0 Å². The van der Waals surface area contributed by atoms with Crippen LogP contribution in [0, 0.1) is 17.1 Å². The van der Waals surface area contributed by atoms with Crippen LogP contribution in [0.5, 0.6) is 0 Å². The Hall–Kier alpha value is -1.11. The summed E-state index contributed by atoms with van der Waals surface area (Å²) in [5.41, 5.74) is 6.22. The van der Waals surface area contributed by atoms with E-state index < -0.39 is 5.82 Å². The predicted molar refractivity (Wildman–Crippen MR) is 46.3 cm³/mol. The van der Waals surface area contributed by atoms with Crippen molar-refractivity contribution in [3.63, 3.8) is 0 Å². The first kappa shape index (κ1) is 10.9. The number of benzene rings is 1. The van der Waals surface area contributed by atoms with E-state index in [-0.39, 0.29) is 19.0 Å². The number of nitrogens with two attached hydrogens (primary N) is 1. The summed E-state index contributed by atoms with van der Waals surface area (Å²) in [5, 5.41) is 8.42. The van der Waals surface area contributed by atoms with Crippen LogP contribution < -0.4 is 5.73 Å².